The molecule has 0 spiro atoms. The Morgan fingerprint density at radius 1 is 0.636 bits per heavy atom. The van der Waals surface area contributed by atoms with Gasteiger partial charge in [-0.15, -0.1) is 0 Å². The van der Waals surface area contributed by atoms with Gasteiger partial charge < -0.3 is 64.0 Å². The van der Waals surface area contributed by atoms with Crippen LogP contribution in [0.3, 0.4) is 0 Å². The second-order valence-corrected chi connectivity index (χ2v) is 17.1. The number of likely N-dealkylation sites (tertiary alicyclic amines) is 1. The number of hydrogen-bond acceptors (Lipinski definition) is 11. The Hall–Kier alpha value is -5.54. The molecule has 0 unspecified atom stereocenters. The van der Waals surface area contributed by atoms with E-state index in [1.54, 1.807) is 34.6 Å². The molecule has 1 rings (SSSR count). The minimum atomic E-state index is -1.58. The summed E-state index contributed by atoms with van der Waals surface area (Å²) in [6.45, 7) is 15.8. The summed E-state index contributed by atoms with van der Waals surface area (Å²) >= 11 is 0. The minimum Gasteiger partial charge on any atom is -0.391 e. The maximum absolute atomic E-state index is 14.1. The summed E-state index contributed by atoms with van der Waals surface area (Å²) in [5, 5.41) is 32.3. The molecule has 22 nitrogen and oxygen atoms in total. The number of nitrogens with one attached hydrogen (secondary N) is 8. The molecule has 0 radical (unpaired) electrons. The van der Waals surface area contributed by atoms with E-state index in [1.165, 1.54) is 25.7 Å². The van der Waals surface area contributed by atoms with Gasteiger partial charge in [0.25, 0.3) is 0 Å². The highest BCUT2D eigenvalue weighted by atomic mass is 16.3. The van der Waals surface area contributed by atoms with E-state index in [4.69, 9.17) is 11.5 Å². The van der Waals surface area contributed by atoms with Crippen molar-refractivity contribution < 1.29 is 48.3 Å². The maximum atomic E-state index is 14.1. The Morgan fingerprint density at radius 2 is 1.15 bits per heavy atom. The fourth-order valence-corrected chi connectivity index (χ4v) is 7.45. The predicted octanol–water partition coefficient (Wildman–Crippen LogP) is -1.32. The highest BCUT2D eigenvalue weighted by Crippen LogP contribution is 2.21. The van der Waals surface area contributed by atoms with Gasteiger partial charge in [-0.2, -0.15) is 0 Å². The zero-order chi connectivity index (χ0) is 50.1. The predicted molar refractivity (Wildman–Crippen MR) is 249 cm³/mol. The lowest BCUT2D eigenvalue weighted by molar-refractivity contribution is -0.142. The molecule has 1 saturated heterocycles. The van der Waals surface area contributed by atoms with Crippen LogP contribution < -0.4 is 54.0 Å². The van der Waals surface area contributed by atoms with Crippen LogP contribution in [-0.4, -0.2) is 144 Å². The van der Waals surface area contributed by atoms with E-state index in [9.17, 15) is 48.3 Å². The third kappa shape index (κ3) is 20.3. The fraction of sp³-hybridized carbons (Fsp3) is 0.773. The standard InChI is InChI=1S/C44H80N12O10/c1-10-18-30(51-42(65)36(27(7)57)55-41(64)35(26(6)12-3)54-38(61)31(50-29(9)59)19-14-15-22-48-28(8)58)37(60)53-34(25(5)11-2)40(63)52-32(20-16-23-49-44(45)46)43(66)56-24-17-21-33(56)39(62)47-13-4/h25-27,30-36,57H,10-24H2,1-9H3,(H,47,62)(H,48,58)(H,50,59)(H,51,65)(H,52,63)(H,53,60)(H,54,61)(H,55,64)(H4,45,46,49)/t25-,26-,27+,30-,31-,32-,33-,34-,35+,36-/m0/s1. The molecule has 0 saturated carbocycles. The number of carbonyl (C=O) groups is 9. The lowest BCUT2D eigenvalue weighted by Gasteiger charge is -2.32. The molecule has 10 atom stereocenters. The molecule has 0 aliphatic carbocycles. The van der Waals surface area contributed by atoms with Crippen LogP contribution in [0.1, 0.15) is 133 Å². The molecule has 1 heterocycles. The monoisotopic (exact) mass is 937 g/mol. The number of unbranched alkanes of at least 4 members (excludes halogenated alkanes) is 1. The van der Waals surface area contributed by atoms with Crippen molar-refractivity contribution in [1.82, 2.24) is 47.4 Å². The Bertz CT molecular complexity index is 1660. The van der Waals surface area contributed by atoms with Crippen molar-refractivity contribution in [3.63, 3.8) is 0 Å². The number of aliphatic imine (C=N–C) groups is 1. The zero-order valence-electron chi connectivity index (χ0n) is 40.6. The van der Waals surface area contributed by atoms with Crippen LogP contribution in [-0.2, 0) is 43.2 Å². The van der Waals surface area contributed by atoms with Gasteiger partial charge in [0.2, 0.25) is 53.2 Å². The summed E-state index contributed by atoms with van der Waals surface area (Å²) < 4.78 is 0. The quantitative estimate of drug-likeness (QED) is 0.0227. The molecule has 13 N–H and O–H groups in total. The first-order chi connectivity index (χ1) is 31.1. The Kier molecular flexibility index (Phi) is 27.1. The molecule has 22 heteroatoms. The molecular weight excluding hydrogens is 857 g/mol. The first kappa shape index (κ1) is 58.5. The van der Waals surface area contributed by atoms with Gasteiger partial charge in [0.1, 0.15) is 42.3 Å². The van der Waals surface area contributed by atoms with Crippen molar-refractivity contribution in [3.05, 3.63) is 0 Å². The summed E-state index contributed by atoms with van der Waals surface area (Å²) in [5.74, 6) is -6.17. The van der Waals surface area contributed by atoms with E-state index in [0.29, 0.717) is 71.0 Å². The minimum absolute atomic E-state index is 0.107. The maximum Gasteiger partial charge on any atom is 0.245 e. The van der Waals surface area contributed by atoms with E-state index in [1.807, 2.05) is 6.92 Å². The van der Waals surface area contributed by atoms with Gasteiger partial charge in [-0.1, -0.05) is 53.9 Å². The van der Waals surface area contributed by atoms with Crippen LogP contribution in [0.5, 0.6) is 0 Å². The van der Waals surface area contributed by atoms with Crippen molar-refractivity contribution in [2.45, 2.75) is 181 Å². The first-order valence-corrected chi connectivity index (χ1v) is 23.5. The van der Waals surface area contributed by atoms with Crippen LogP contribution in [0.15, 0.2) is 4.99 Å². The SMILES string of the molecule is CCC[C@H](NC(=O)[C@@H](NC(=O)[C@H](NC(=O)[C@H](CCCCNC(C)=O)NC(C)=O)[C@@H](C)CC)[C@@H](C)O)C(=O)N[C@H](C(=O)N[C@@H](CCCN=C(N)N)C(=O)N1CCC[C@H]1C(=O)NCC)[C@@H](C)CC. The summed E-state index contributed by atoms with van der Waals surface area (Å²) in [7, 11) is 0. The second-order valence-electron chi connectivity index (χ2n) is 17.1. The molecule has 9 amide bonds. The molecule has 1 aliphatic rings. The van der Waals surface area contributed by atoms with Gasteiger partial charge in [-0.05, 0) is 77.0 Å². The molecule has 1 aliphatic heterocycles. The van der Waals surface area contributed by atoms with Crippen molar-refractivity contribution in [2.24, 2.45) is 28.3 Å². The third-order valence-corrected chi connectivity index (χ3v) is 11.6. The van der Waals surface area contributed by atoms with E-state index in [-0.39, 0.29) is 43.6 Å². The first-order valence-electron chi connectivity index (χ1n) is 23.5. The van der Waals surface area contributed by atoms with Gasteiger partial charge in [0.15, 0.2) is 5.96 Å². The van der Waals surface area contributed by atoms with Crippen molar-refractivity contribution >= 4 is 59.1 Å². The largest absolute Gasteiger partial charge is 0.391 e. The zero-order valence-corrected chi connectivity index (χ0v) is 40.6. The molecule has 376 valence electrons. The van der Waals surface area contributed by atoms with Crippen LogP contribution >= 0.6 is 0 Å². The lowest BCUT2D eigenvalue weighted by atomic mass is 9.96. The van der Waals surface area contributed by atoms with Crippen LogP contribution in [0, 0.1) is 11.8 Å². The normalized spacial score (nSPS) is 17.4. The lowest BCUT2D eigenvalue weighted by Crippen LogP contribution is -2.62. The Labute approximate surface area is 389 Å². The number of rotatable bonds is 30. The number of aliphatic hydroxyl groups is 1. The van der Waals surface area contributed by atoms with E-state index in [0.717, 1.165) is 0 Å². The highest BCUT2D eigenvalue weighted by molar-refractivity contribution is 5.98. The Morgan fingerprint density at radius 3 is 1.65 bits per heavy atom. The van der Waals surface area contributed by atoms with Crippen molar-refractivity contribution in [3.8, 4) is 0 Å². The van der Waals surface area contributed by atoms with Crippen LogP contribution in [0.4, 0.5) is 0 Å². The number of carbonyl (C=O) groups excluding carboxylic acids is 9. The molecule has 0 aromatic carbocycles. The number of hydrogen-bond donors (Lipinski definition) is 11. The second kappa shape index (κ2) is 30.6. The summed E-state index contributed by atoms with van der Waals surface area (Å²) in [6, 6.07) is -7.97. The molecule has 1 fully saturated rings. The molecular formula is C44H80N12O10. The fourth-order valence-electron chi connectivity index (χ4n) is 7.45. The summed E-state index contributed by atoms with van der Waals surface area (Å²) in [5.41, 5.74) is 11.0. The van der Waals surface area contributed by atoms with Crippen LogP contribution in [0.2, 0.25) is 0 Å². The number of aliphatic hydroxyl groups excluding tert-OH is 1. The van der Waals surface area contributed by atoms with Gasteiger partial charge in [-0.25, -0.2) is 0 Å². The smallest absolute Gasteiger partial charge is 0.245 e. The number of nitrogens with two attached hydrogens (primary N) is 2. The van der Waals surface area contributed by atoms with Gasteiger partial charge in [0, 0.05) is 40.0 Å². The highest BCUT2D eigenvalue weighted by Gasteiger charge is 2.40. The van der Waals surface area contributed by atoms with E-state index in [2.05, 4.69) is 47.5 Å². The Balaban J connectivity index is 3.32. The number of guanidine groups is 1. The van der Waals surface area contributed by atoms with Gasteiger partial charge >= 0.3 is 0 Å². The topological polar surface area (TPSA) is 338 Å². The van der Waals surface area contributed by atoms with Crippen molar-refractivity contribution in [1.29, 1.82) is 0 Å². The summed E-state index contributed by atoms with van der Waals surface area (Å²) in [6.07, 6.45) is 2.63. The molecule has 66 heavy (non-hydrogen) atoms. The number of likely N-dealkylation sites (N-methyl/N-ethyl adjacent to an activating group) is 1. The van der Waals surface area contributed by atoms with E-state index >= 15 is 0 Å². The molecule has 0 bridgehead atoms. The number of nitrogens with zero attached hydrogens (tertiary/aromatic N) is 2. The molecule has 0 aromatic rings. The van der Waals surface area contributed by atoms with E-state index < -0.39 is 102 Å². The van der Waals surface area contributed by atoms with Gasteiger partial charge in [-0.3, -0.25) is 48.1 Å². The van der Waals surface area contributed by atoms with Crippen LogP contribution in [0.25, 0.3) is 0 Å². The van der Waals surface area contributed by atoms with Gasteiger partial charge in [0.05, 0.1) is 6.10 Å². The third-order valence-electron chi connectivity index (χ3n) is 11.6. The average molecular weight is 937 g/mol. The number of amides is 9. The molecule has 0 aromatic heterocycles. The summed E-state index contributed by atoms with van der Waals surface area (Å²) in [4.78, 5) is 125. The van der Waals surface area contributed by atoms with Crippen molar-refractivity contribution in [2.75, 3.05) is 26.2 Å². The average Bonchev–Trinajstić information content (AvgIpc) is 3.76.